The maximum atomic E-state index is 14.2. The molecule has 1 saturated heterocycles. The monoisotopic (exact) mass is 606 g/mol. The molecule has 0 aliphatic carbocycles. The number of rotatable bonds is 11. The Morgan fingerprint density at radius 3 is 2.33 bits per heavy atom. The lowest BCUT2D eigenvalue weighted by molar-refractivity contribution is 0.0497. The van der Waals surface area contributed by atoms with Crippen molar-refractivity contribution in [2.45, 2.75) is 52.4 Å². The van der Waals surface area contributed by atoms with Crippen molar-refractivity contribution in [1.29, 1.82) is 0 Å². The van der Waals surface area contributed by atoms with Gasteiger partial charge in [-0.1, -0.05) is 74.0 Å². The second kappa shape index (κ2) is 13.9. The Morgan fingerprint density at radius 1 is 0.933 bits per heavy atom. The van der Waals surface area contributed by atoms with Crippen LogP contribution in [0.4, 0.5) is 0 Å². The van der Waals surface area contributed by atoms with Crippen LogP contribution in [0.25, 0.3) is 28.2 Å². The molecule has 2 aromatic heterocycles. The molecule has 9 nitrogen and oxygen atoms in total. The second-order valence-corrected chi connectivity index (χ2v) is 11.4. The molecule has 6 rings (SSSR count). The first-order valence-electron chi connectivity index (χ1n) is 15.7. The van der Waals surface area contributed by atoms with E-state index in [1.165, 1.54) is 0 Å². The minimum absolute atomic E-state index is 0.0365. The lowest BCUT2D eigenvalue weighted by atomic mass is 9.96. The van der Waals surface area contributed by atoms with E-state index in [-0.39, 0.29) is 5.56 Å². The quantitative estimate of drug-likeness (QED) is 0.192. The summed E-state index contributed by atoms with van der Waals surface area (Å²) in [5.41, 5.74) is 5.97. The molecule has 0 spiro atoms. The number of aromatic nitrogens is 4. The van der Waals surface area contributed by atoms with Crippen LogP contribution in [0.5, 0.6) is 5.75 Å². The summed E-state index contributed by atoms with van der Waals surface area (Å²) in [6.45, 7) is 6.40. The summed E-state index contributed by atoms with van der Waals surface area (Å²) in [5.74, 6) is 1.84. The lowest BCUT2D eigenvalue weighted by Gasteiger charge is -2.22. The number of nitrogens with one attached hydrogen (secondary N) is 1. The van der Waals surface area contributed by atoms with Crippen LogP contribution in [0, 0.1) is 5.92 Å². The van der Waals surface area contributed by atoms with Crippen LogP contribution in [-0.2, 0) is 24.0 Å². The molecule has 0 radical (unpaired) electrons. The molecule has 9 heteroatoms. The highest BCUT2D eigenvalue weighted by Crippen LogP contribution is 2.30. The molecule has 0 unspecified atom stereocenters. The zero-order valence-corrected chi connectivity index (χ0v) is 25.8. The molecule has 0 amide bonds. The number of H-pyrrole nitrogens is 1. The predicted molar refractivity (Wildman–Crippen MR) is 173 cm³/mol. The Morgan fingerprint density at radius 2 is 1.67 bits per heavy atom. The topological polar surface area (TPSA) is 112 Å². The fraction of sp³-hybridized carbons (Fsp3) is 0.333. The SMILES string of the molecule is CCCc1nc(CC)n(-c2ccc(OCC3CCOCC3)cc2)c(=O)c1Cc1ccc(-c2ccccc2-c2noc(=O)[nH]2)cc1. The predicted octanol–water partition coefficient (Wildman–Crippen LogP) is 6.15. The van der Waals surface area contributed by atoms with E-state index in [0.717, 1.165) is 84.1 Å². The fourth-order valence-corrected chi connectivity index (χ4v) is 5.89. The maximum absolute atomic E-state index is 14.2. The number of aromatic amines is 1. The van der Waals surface area contributed by atoms with Crippen LogP contribution in [-0.4, -0.2) is 39.5 Å². The molecule has 0 atom stereocenters. The summed E-state index contributed by atoms with van der Waals surface area (Å²) in [4.78, 5) is 33.4. The minimum atomic E-state index is -0.596. The van der Waals surface area contributed by atoms with Crippen molar-refractivity contribution in [2.24, 2.45) is 5.92 Å². The van der Waals surface area contributed by atoms with Crippen LogP contribution in [0.15, 0.2) is 86.9 Å². The number of benzene rings is 3. The first-order valence-corrected chi connectivity index (χ1v) is 15.7. The standard InChI is InChI=1S/C36H38N4O5/c1-3-7-32-31(22-24-10-12-26(13-11-24)29-8-5-6-9-30(29)34-38-36(42)45-39-34)35(41)40(33(4-2)37-32)27-14-16-28(17-15-27)44-23-25-18-20-43-21-19-25/h5-6,8-17,25H,3-4,7,18-23H2,1-2H3,(H,38,39,42). The molecule has 0 saturated carbocycles. The summed E-state index contributed by atoms with van der Waals surface area (Å²) in [6.07, 6.45) is 4.78. The average Bonchev–Trinajstić information content (AvgIpc) is 3.52. The Kier molecular flexibility index (Phi) is 9.35. The Labute approximate surface area is 261 Å². The number of aryl methyl sites for hydroxylation is 2. The van der Waals surface area contributed by atoms with Gasteiger partial charge in [-0.2, -0.15) is 0 Å². The highest BCUT2D eigenvalue weighted by atomic mass is 16.5. The molecule has 3 heterocycles. The van der Waals surface area contributed by atoms with E-state index < -0.39 is 5.76 Å². The van der Waals surface area contributed by atoms with Crippen LogP contribution < -0.4 is 16.1 Å². The molecular weight excluding hydrogens is 568 g/mol. The van der Waals surface area contributed by atoms with Gasteiger partial charge in [-0.15, -0.1) is 0 Å². The molecule has 1 aliphatic heterocycles. The highest BCUT2D eigenvalue weighted by Gasteiger charge is 2.19. The van der Waals surface area contributed by atoms with Crippen LogP contribution in [0.1, 0.15) is 55.8 Å². The van der Waals surface area contributed by atoms with Crippen molar-refractivity contribution in [2.75, 3.05) is 19.8 Å². The smallest absolute Gasteiger partial charge is 0.439 e. The molecule has 5 aromatic rings. The summed E-state index contributed by atoms with van der Waals surface area (Å²) < 4.78 is 18.0. The van der Waals surface area contributed by atoms with E-state index >= 15 is 0 Å². The first-order chi connectivity index (χ1) is 22.0. The Balaban J connectivity index is 1.28. The minimum Gasteiger partial charge on any atom is -0.493 e. The van der Waals surface area contributed by atoms with Crippen molar-refractivity contribution in [1.82, 2.24) is 19.7 Å². The van der Waals surface area contributed by atoms with Crippen LogP contribution in [0.3, 0.4) is 0 Å². The molecule has 45 heavy (non-hydrogen) atoms. The van der Waals surface area contributed by atoms with E-state index in [0.29, 0.717) is 36.8 Å². The van der Waals surface area contributed by atoms with Crippen molar-refractivity contribution in [3.05, 3.63) is 116 Å². The van der Waals surface area contributed by atoms with Crippen molar-refractivity contribution < 1.29 is 14.0 Å². The van der Waals surface area contributed by atoms with Gasteiger partial charge in [0.1, 0.15) is 11.6 Å². The third-order valence-corrected chi connectivity index (χ3v) is 8.32. The number of nitrogens with zero attached hydrogens (tertiary/aromatic N) is 3. The Hall–Kier alpha value is -4.76. The third-order valence-electron chi connectivity index (χ3n) is 8.32. The summed E-state index contributed by atoms with van der Waals surface area (Å²) in [7, 11) is 0. The summed E-state index contributed by atoms with van der Waals surface area (Å²) in [5, 5.41) is 3.86. The van der Waals surface area contributed by atoms with Gasteiger partial charge in [0.2, 0.25) is 0 Å². The molecule has 0 bridgehead atoms. The van der Waals surface area contributed by atoms with Gasteiger partial charge in [-0.05, 0) is 66.1 Å². The maximum Gasteiger partial charge on any atom is 0.439 e. The Bertz CT molecular complexity index is 1850. The van der Waals surface area contributed by atoms with Gasteiger partial charge in [-0.3, -0.25) is 18.9 Å². The first kappa shape index (κ1) is 30.3. The number of ether oxygens (including phenoxy) is 2. The zero-order valence-electron chi connectivity index (χ0n) is 25.8. The summed E-state index contributed by atoms with van der Waals surface area (Å²) >= 11 is 0. The number of hydrogen-bond donors (Lipinski definition) is 1. The van der Waals surface area contributed by atoms with E-state index in [4.69, 9.17) is 19.0 Å². The lowest BCUT2D eigenvalue weighted by Crippen LogP contribution is -2.29. The van der Waals surface area contributed by atoms with Gasteiger partial charge < -0.3 is 9.47 Å². The summed E-state index contributed by atoms with van der Waals surface area (Å²) in [6, 6.07) is 23.6. The van der Waals surface area contributed by atoms with E-state index in [2.05, 4.69) is 17.1 Å². The third kappa shape index (κ3) is 6.83. The number of hydrogen-bond acceptors (Lipinski definition) is 7. The molecule has 1 fully saturated rings. The average molecular weight is 607 g/mol. The van der Waals surface area contributed by atoms with Gasteiger partial charge in [0.25, 0.3) is 5.56 Å². The van der Waals surface area contributed by atoms with Crippen molar-refractivity contribution >= 4 is 0 Å². The van der Waals surface area contributed by atoms with E-state index in [1.54, 1.807) is 4.57 Å². The molecule has 3 aromatic carbocycles. The van der Waals surface area contributed by atoms with Gasteiger partial charge in [-0.25, -0.2) is 9.78 Å². The largest absolute Gasteiger partial charge is 0.493 e. The fourth-order valence-electron chi connectivity index (χ4n) is 5.89. The normalized spacial score (nSPS) is 13.6. The molecule has 1 N–H and O–H groups in total. The highest BCUT2D eigenvalue weighted by molar-refractivity contribution is 5.80. The van der Waals surface area contributed by atoms with E-state index in [9.17, 15) is 9.59 Å². The van der Waals surface area contributed by atoms with Gasteiger partial charge >= 0.3 is 5.76 Å². The second-order valence-electron chi connectivity index (χ2n) is 11.4. The van der Waals surface area contributed by atoms with Gasteiger partial charge in [0, 0.05) is 37.2 Å². The molecule has 1 aliphatic rings. The molecular formula is C36H38N4O5. The van der Waals surface area contributed by atoms with Gasteiger partial charge in [0.05, 0.1) is 18.0 Å². The zero-order chi connectivity index (χ0) is 31.2. The van der Waals surface area contributed by atoms with Crippen LogP contribution in [0.2, 0.25) is 0 Å². The van der Waals surface area contributed by atoms with Crippen LogP contribution >= 0.6 is 0 Å². The van der Waals surface area contributed by atoms with E-state index in [1.807, 2.05) is 79.7 Å². The van der Waals surface area contributed by atoms with Gasteiger partial charge in [0.15, 0.2) is 5.82 Å². The molecule has 232 valence electrons. The van der Waals surface area contributed by atoms with Crippen molar-refractivity contribution in [3.63, 3.8) is 0 Å². The van der Waals surface area contributed by atoms with Crippen molar-refractivity contribution in [3.8, 4) is 34.0 Å².